The number of carboxylic acid groups (broad SMARTS) is 1. The topological polar surface area (TPSA) is 99.5 Å². The molecule has 1 aliphatic heterocycles. The van der Waals surface area contributed by atoms with E-state index >= 15 is 0 Å². The number of rotatable bonds is 4. The fraction of sp³-hybridized carbons (Fsp3) is 0.615. The van der Waals surface area contributed by atoms with Crippen molar-refractivity contribution in [3.05, 3.63) is 11.4 Å². The standard InChI is InChI=1S/C13H21N5O3/c1-8-12(9(2)17(3)16-8)15-11(19)7-18-5-4-14-6-10(18)13(20)21/h10,14H,4-7H2,1-3H3,(H,15,19)(H,20,21). The SMILES string of the molecule is Cc1nn(C)c(C)c1NC(=O)CN1CCNCC1C(=O)O. The van der Waals surface area contributed by atoms with Crippen LogP contribution in [0.1, 0.15) is 11.4 Å². The fourth-order valence-electron chi connectivity index (χ4n) is 2.50. The Hall–Kier alpha value is -1.93. The lowest BCUT2D eigenvalue weighted by Crippen LogP contribution is -2.56. The average molecular weight is 295 g/mol. The molecule has 2 rings (SSSR count). The number of anilines is 1. The quantitative estimate of drug-likeness (QED) is 0.681. The number of carbonyl (C=O) groups excluding carboxylic acids is 1. The molecule has 1 aliphatic rings. The van der Waals surface area contributed by atoms with E-state index in [9.17, 15) is 14.7 Å². The lowest BCUT2D eigenvalue weighted by Gasteiger charge is -2.32. The zero-order valence-corrected chi connectivity index (χ0v) is 12.5. The Morgan fingerprint density at radius 1 is 1.48 bits per heavy atom. The minimum absolute atomic E-state index is 0.0619. The van der Waals surface area contributed by atoms with Crippen molar-refractivity contribution in [2.45, 2.75) is 19.9 Å². The largest absolute Gasteiger partial charge is 0.480 e. The Balaban J connectivity index is 2.02. The van der Waals surface area contributed by atoms with Gasteiger partial charge in [-0.3, -0.25) is 19.2 Å². The van der Waals surface area contributed by atoms with E-state index in [4.69, 9.17) is 0 Å². The van der Waals surface area contributed by atoms with E-state index in [0.717, 1.165) is 11.4 Å². The highest BCUT2D eigenvalue weighted by Crippen LogP contribution is 2.18. The molecule has 1 aromatic rings. The summed E-state index contributed by atoms with van der Waals surface area (Å²) in [7, 11) is 1.81. The van der Waals surface area contributed by atoms with Gasteiger partial charge in [-0.05, 0) is 13.8 Å². The number of aliphatic carboxylic acids is 1. The Morgan fingerprint density at radius 2 is 2.19 bits per heavy atom. The molecule has 3 N–H and O–H groups in total. The maximum atomic E-state index is 12.2. The summed E-state index contributed by atoms with van der Waals surface area (Å²) in [5.74, 6) is -1.13. The van der Waals surface area contributed by atoms with Crippen LogP contribution in [-0.2, 0) is 16.6 Å². The van der Waals surface area contributed by atoms with Gasteiger partial charge in [-0.1, -0.05) is 0 Å². The molecule has 21 heavy (non-hydrogen) atoms. The van der Waals surface area contributed by atoms with Gasteiger partial charge in [0.25, 0.3) is 0 Å². The summed E-state index contributed by atoms with van der Waals surface area (Å²) in [6.45, 7) is 5.34. The molecule has 0 spiro atoms. The van der Waals surface area contributed by atoms with Crippen LogP contribution in [0.4, 0.5) is 5.69 Å². The van der Waals surface area contributed by atoms with Gasteiger partial charge < -0.3 is 15.7 Å². The number of carbonyl (C=O) groups is 2. The number of nitrogens with one attached hydrogen (secondary N) is 2. The molecule has 1 amide bonds. The molecule has 0 radical (unpaired) electrons. The van der Waals surface area contributed by atoms with Crippen molar-refractivity contribution in [1.82, 2.24) is 20.0 Å². The van der Waals surface area contributed by atoms with E-state index in [1.165, 1.54) is 0 Å². The fourth-order valence-corrected chi connectivity index (χ4v) is 2.50. The zero-order valence-electron chi connectivity index (χ0n) is 12.5. The van der Waals surface area contributed by atoms with Crippen molar-refractivity contribution in [2.75, 3.05) is 31.5 Å². The van der Waals surface area contributed by atoms with Crippen molar-refractivity contribution in [3.63, 3.8) is 0 Å². The molecule has 1 atom stereocenters. The average Bonchev–Trinajstić information content (AvgIpc) is 2.66. The van der Waals surface area contributed by atoms with Gasteiger partial charge >= 0.3 is 5.97 Å². The third-order valence-electron chi connectivity index (χ3n) is 3.76. The lowest BCUT2D eigenvalue weighted by atomic mass is 10.2. The molecular weight excluding hydrogens is 274 g/mol. The number of aryl methyl sites for hydroxylation is 2. The molecule has 116 valence electrons. The van der Waals surface area contributed by atoms with Crippen molar-refractivity contribution < 1.29 is 14.7 Å². The molecule has 8 heteroatoms. The summed E-state index contributed by atoms with van der Waals surface area (Å²) >= 11 is 0. The molecule has 0 saturated carbocycles. The smallest absolute Gasteiger partial charge is 0.322 e. The monoisotopic (exact) mass is 295 g/mol. The van der Waals surface area contributed by atoms with Crippen molar-refractivity contribution in [3.8, 4) is 0 Å². The summed E-state index contributed by atoms with van der Waals surface area (Å²) in [6, 6.07) is -0.666. The summed E-state index contributed by atoms with van der Waals surface area (Å²) in [6.07, 6.45) is 0. The summed E-state index contributed by atoms with van der Waals surface area (Å²) < 4.78 is 1.70. The highest BCUT2D eigenvalue weighted by molar-refractivity contribution is 5.93. The summed E-state index contributed by atoms with van der Waals surface area (Å²) in [5, 5.41) is 19.3. The first-order valence-electron chi connectivity index (χ1n) is 6.87. The third-order valence-corrected chi connectivity index (χ3v) is 3.76. The van der Waals surface area contributed by atoms with Gasteiger partial charge in [-0.25, -0.2) is 0 Å². The van der Waals surface area contributed by atoms with Crippen LogP contribution in [0.2, 0.25) is 0 Å². The van der Waals surface area contributed by atoms with E-state index in [0.29, 0.717) is 25.3 Å². The molecule has 1 saturated heterocycles. The molecule has 2 heterocycles. The van der Waals surface area contributed by atoms with Crippen LogP contribution in [0, 0.1) is 13.8 Å². The summed E-state index contributed by atoms with van der Waals surface area (Å²) in [5.41, 5.74) is 2.32. The van der Waals surface area contributed by atoms with Gasteiger partial charge in [0.05, 0.1) is 23.6 Å². The Labute approximate surface area is 123 Å². The second-order valence-electron chi connectivity index (χ2n) is 5.25. The van der Waals surface area contributed by atoms with Gasteiger partial charge in [0.2, 0.25) is 5.91 Å². The number of nitrogens with zero attached hydrogens (tertiary/aromatic N) is 3. The summed E-state index contributed by atoms with van der Waals surface area (Å²) in [4.78, 5) is 25.0. The molecule has 1 fully saturated rings. The maximum Gasteiger partial charge on any atom is 0.322 e. The maximum absolute atomic E-state index is 12.2. The van der Waals surface area contributed by atoms with E-state index in [1.807, 2.05) is 20.9 Å². The number of aromatic nitrogens is 2. The van der Waals surface area contributed by atoms with E-state index in [-0.39, 0.29) is 12.5 Å². The van der Waals surface area contributed by atoms with Crippen LogP contribution >= 0.6 is 0 Å². The Kier molecular flexibility index (Phi) is 4.59. The van der Waals surface area contributed by atoms with E-state index in [2.05, 4.69) is 15.7 Å². The second kappa shape index (κ2) is 6.23. The minimum Gasteiger partial charge on any atom is -0.480 e. The number of carboxylic acids is 1. The molecule has 0 aliphatic carbocycles. The molecule has 1 aromatic heterocycles. The lowest BCUT2D eigenvalue weighted by molar-refractivity contribution is -0.144. The third kappa shape index (κ3) is 3.40. The number of amides is 1. The molecule has 8 nitrogen and oxygen atoms in total. The first-order valence-corrected chi connectivity index (χ1v) is 6.87. The van der Waals surface area contributed by atoms with Crippen LogP contribution in [0.15, 0.2) is 0 Å². The van der Waals surface area contributed by atoms with Crippen LogP contribution in [-0.4, -0.2) is 63.9 Å². The second-order valence-corrected chi connectivity index (χ2v) is 5.25. The van der Waals surface area contributed by atoms with Crippen molar-refractivity contribution >= 4 is 17.6 Å². The van der Waals surface area contributed by atoms with Crippen molar-refractivity contribution in [1.29, 1.82) is 0 Å². The molecule has 1 unspecified atom stereocenters. The highest BCUT2D eigenvalue weighted by Gasteiger charge is 2.29. The normalized spacial score (nSPS) is 19.5. The minimum atomic E-state index is -0.913. The van der Waals surface area contributed by atoms with Gasteiger partial charge in [0, 0.05) is 26.7 Å². The van der Waals surface area contributed by atoms with E-state index < -0.39 is 12.0 Å². The molecule has 0 bridgehead atoms. The van der Waals surface area contributed by atoms with Gasteiger partial charge in [-0.2, -0.15) is 5.10 Å². The van der Waals surface area contributed by atoms with Gasteiger partial charge in [-0.15, -0.1) is 0 Å². The number of hydrogen-bond donors (Lipinski definition) is 3. The zero-order chi connectivity index (χ0) is 15.6. The van der Waals surface area contributed by atoms with E-state index in [1.54, 1.807) is 9.58 Å². The number of hydrogen-bond acceptors (Lipinski definition) is 5. The predicted molar refractivity (Wildman–Crippen MR) is 77.2 cm³/mol. The first kappa shape index (κ1) is 15.5. The van der Waals surface area contributed by atoms with Crippen LogP contribution in [0.25, 0.3) is 0 Å². The van der Waals surface area contributed by atoms with Crippen LogP contribution < -0.4 is 10.6 Å². The predicted octanol–water partition coefficient (Wildman–Crippen LogP) is -0.666. The van der Waals surface area contributed by atoms with Gasteiger partial charge in [0.15, 0.2) is 0 Å². The van der Waals surface area contributed by atoms with Gasteiger partial charge in [0.1, 0.15) is 6.04 Å². The first-order chi connectivity index (χ1) is 9.90. The Morgan fingerprint density at radius 3 is 2.76 bits per heavy atom. The molecule has 0 aromatic carbocycles. The van der Waals surface area contributed by atoms with Crippen molar-refractivity contribution in [2.24, 2.45) is 7.05 Å². The highest BCUT2D eigenvalue weighted by atomic mass is 16.4. The Bertz CT molecular complexity index is 554. The van der Waals surface area contributed by atoms with Crippen LogP contribution in [0.5, 0.6) is 0 Å². The molecular formula is C13H21N5O3. The van der Waals surface area contributed by atoms with Crippen LogP contribution in [0.3, 0.4) is 0 Å². The number of piperazine rings is 1.